The molecular weight excluding hydrogens is 528 g/mol. The molecule has 0 bridgehead atoms. The molecule has 1 saturated carbocycles. The maximum atomic E-state index is 4.07. The first-order valence-corrected chi connectivity index (χ1v) is 16.7. The first kappa shape index (κ1) is 38.4. The van der Waals surface area contributed by atoms with E-state index in [2.05, 4.69) is 160 Å². The van der Waals surface area contributed by atoms with Gasteiger partial charge in [-0.05, 0) is 111 Å². The van der Waals surface area contributed by atoms with E-state index < -0.39 is 0 Å². The zero-order chi connectivity index (χ0) is 33.1. The molecule has 1 fully saturated rings. The Bertz CT molecular complexity index is 1370. The molecule has 0 spiro atoms. The minimum Gasteiger partial charge on any atom is -0.0992 e. The standard InChI is InChI=1S/C20H26.C12H14.C10H14.C2H6/c1-7-15(3)13-19(14-18(6)16(4)8-2)20-12-10-9-11-17(20)5;1-10(2)12(8-9-12)11-6-4-3-5-7-11;1-3-9-6-5-7-10(4-2)8-9;1-2/h8-14H,2,7H2,1,3-6H3;3-7H,1,8-9H2,2H3;5-8H,3-4H2,1-2H3;1-2H3/b15-13-,18-16+,19-14+;;;. The number of rotatable bonds is 9. The van der Waals surface area contributed by atoms with Crippen molar-refractivity contribution < 1.29 is 0 Å². The highest BCUT2D eigenvalue weighted by molar-refractivity contribution is 5.78. The lowest BCUT2D eigenvalue weighted by molar-refractivity contribution is 0.825. The molecule has 1 aliphatic carbocycles. The van der Waals surface area contributed by atoms with Gasteiger partial charge in [0.1, 0.15) is 0 Å². The molecule has 1 aliphatic rings. The average Bonchev–Trinajstić information content (AvgIpc) is 3.89. The molecule has 0 nitrogen and oxygen atoms in total. The molecule has 0 aliphatic heterocycles. The Morgan fingerprint density at radius 2 is 1.27 bits per heavy atom. The van der Waals surface area contributed by atoms with Gasteiger partial charge < -0.3 is 0 Å². The largest absolute Gasteiger partial charge is 0.0992 e. The summed E-state index contributed by atoms with van der Waals surface area (Å²) in [6.45, 7) is 29.2. The summed E-state index contributed by atoms with van der Waals surface area (Å²) in [7, 11) is 0. The SMILES string of the molecule is C=C(C)C1(c2ccccc2)CC1.C=C/C(C)=C(C)/C=C(\C=C(\C)CC)c1ccccc1C.CC.CCc1cccc(CC)c1. The van der Waals surface area contributed by atoms with Gasteiger partial charge in [-0.3, -0.25) is 0 Å². The van der Waals surface area contributed by atoms with E-state index in [0.29, 0.717) is 5.41 Å². The summed E-state index contributed by atoms with van der Waals surface area (Å²) in [6.07, 6.45) is 12.4. The van der Waals surface area contributed by atoms with E-state index >= 15 is 0 Å². The third kappa shape index (κ3) is 12.2. The summed E-state index contributed by atoms with van der Waals surface area (Å²) < 4.78 is 0. The van der Waals surface area contributed by atoms with E-state index in [-0.39, 0.29) is 0 Å². The van der Waals surface area contributed by atoms with Crippen molar-refractivity contribution in [1.29, 1.82) is 0 Å². The minimum absolute atomic E-state index is 0.348. The molecule has 0 atom stereocenters. The first-order chi connectivity index (χ1) is 21.1. The van der Waals surface area contributed by atoms with Gasteiger partial charge in [0.05, 0.1) is 0 Å². The van der Waals surface area contributed by atoms with Crippen LogP contribution < -0.4 is 0 Å². The maximum Gasteiger partial charge on any atom is 0.0157 e. The fourth-order valence-corrected chi connectivity index (χ4v) is 4.88. The Labute approximate surface area is 272 Å². The van der Waals surface area contributed by atoms with Crippen molar-refractivity contribution in [3.8, 4) is 0 Å². The predicted octanol–water partition coefficient (Wildman–Crippen LogP) is 13.4. The predicted molar refractivity (Wildman–Crippen MR) is 200 cm³/mol. The molecular formula is C44H60. The maximum absolute atomic E-state index is 4.07. The zero-order valence-electron chi connectivity index (χ0n) is 29.7. The van der Waals surface area contributed by atoms with Gasteiger partial charge in [-0.15, -0.1) is 0 Å². The summed E-state index contributed by atoms with van der Waals surface area (Å²) in [5.41, 5.74) is 13.8. The van der Waals surface area contributed by atoms with Crippen molar-refractivity contribution in [3.63, 3.8) is 0 Å². The minimum atomic E-state index is 0.348. The second-order valence-electron chi connectivity index (χ2n) is 11.6. The van der Waals surface area contributed by atoms with Gasteiger partial charge >= 0.3 is 0 Å². The summed E-state index contributed by atoms with van der Waals surface area (Å²) in [4.78, 5) is 0. The van der Waals surface area contributed by atoms with E-state index in [0.717, 1.165) is 19.3 Å². The summed E-state index contributed by atoms with van der Waals surface area (Å²) >= 11 is 0. The number of benzene rings is 3. The molecule has 0 radical (unpaired) electrons. The van der Waals surface area contributed by atoms with Gasteiger partial charge in [0.15, 0.2) is 0 Å². The topological polar surface area (TPSA) is 0 Å². The van der Waals surface area contributed by atoms with Gasteiger partial charge in [0.2, 0.25) is 0 Å². The third-order valence-corrected chi connectivity index (χ3v) is 8.42. The van der Waals surface area contributed by atoms with Gasteiger partial charge in [-0.1, -0.05) is 156 Å². The molecule has 0 aromatic heterocycles. The van der Waals surface area contributed by atoms with Crippen LogP contribution in [0.4, 0.5) is 0 Å². The Morgan fingerprint density at radius 3 is 1.73 bits per heavy atom. The molecule has 0 heterocycles. The third-order valence-electron chi connectivity index (χ3n) is 8.42. The van der Waals surface area contributed by atoms with Crippen LogP contribution in [-0.2, 0) is 18.3 Å². The van der Waals surface area contributed by atoms with Crippen LogP contribution in [0.15, 0.2) is 133 Å². The Balaban J connectivity index is 0.000000343. The van der Waals surface area contributed by atoms with Gasteiger partial charge in [0.25, 0.3) is 0 Å². The molecule has 0 N–H and O–H groups in total. The van der Waals surface area contributed by atoms with E-state index in [1.54, 1.807) is 0 Å². The van der Waals surface area contributed by atoms with Crippen LogP contribution in [0.25, 0.3) is 5.57 Å². The second kappa shape index (κ2) is 20.3. The van der Waals surface area contributed by atoms with Crippen molar-refractivity contribution in [3.05, 3.63) is 160 Å². The van der Waals surface area contributed by atoms with Crippen molar-refractivity contribution >= 4 is 5.57 Å². The zero-order valence-corrected chi connectivity index (χ0v) is 29.7. The van der Waals surface area contributed by atoms with Crippen LogP contribution in [0.1, 0.15) is 109 Å². The highest BCUT2D eigenvalue weighted by Gasteiger charge is 2.44. The molecule has 3 aromatic rings. The molecule has 0 saturated heterocycles. The van der Waals surface area contributed by atoms with Crippen LogP contribution in [0.2, 0.25) is 0 Å². The van der Waals surface area contributed by atoms with E-state index in [1.165, 1.54) is 68.5 Å². The van der Waals surface area contributed by atoms with Crippen LogP contribution in [0.5, 0.6) is 0 Å². The van der Waals surface area contributed by atoms with Crippen LogP contribution >= 0.6 is 0 Å². The Kier molecular flexibility index (Phi) is 17.7. The first-order valence-electron chi connectivity index (χ1n) is 16.7. The molecule has 0 unspecified atom stereocenters. The molecule has 0 amide bonds. The summed E-state index contributed by atoms with van der Waals surface area (Å²) in [5.74, 6) is 0. The lowest BCUT2D eigenvalue weighted by Gasteiger charge is -2.14. The lowest BCUT2D eigenvalue weighted by atomic mass is 9.90. The van der Waals surface area contributed by atoms with Crippen molar-refractivity contribution in [1.82, 2.24) is 0 Å². The van der Waals surface area contributed by atoms with Crippen molar-refractivity contribution in [2.24, 2.45) is 0 Å². The second-order valence-corrected chi connectivity index (χ2v) is 11.6. The van der Waals surface area contributed by atoms with Gasteiger partial charge in [0, 0.05) is 5.41 Å². The Hall–Kier alpha value is -3.64. The highest BCUT2D eigenvalue weighted by Crippen LogP contribution is 2.52. The normalized spacial score (nSPS) is 13.9. The highest BCUT2D eigenvalue weighted by atomic mass is 14.5. The Morgan fingerprint density at radius 1 is 0.727 bits per heavy atom. The van der Waals surface area contributed by atoms with E-state index in [9.17, 15) is 0 Å². The lowest BCUT2D eigenvalue weighted by Crippen LogP contribution is -2.06. The smallest absolute Gasteiger partial charge is 0.0157 e. The number of aryl methyl sites for hydroxylation is 3. The fraction of sp³-hybridized carbons (Fsp3) is 0.364. The molecule has 4 rings (SSSR count). The van der Waals surface area contributed by atoms with Crippen molar-refractivity contribution in [2.45, 2.75) is 107 Å². The van der Waals surface area contributed by atoms with Gasteiger partial charge in [-0.25, -0.2) is 0 Å². The van der Waals surface area contributed by atoms with E-state index in [4.69, 9.17) is 0 Å². The summed E-state index contributed by atoms with van der Waals surface area (Å²) in [6, 6.07) is 28.0. The van der Waals surface area contributed by atoms with Crippen LogP contribution in [0, 0.1) is 6.92 Å². The average molecular weight is 589 g/mol. The number of hydrogen-bond acceptors (Lipinski definition) is 0. The molecule has 44 heavy (non-hydrogen) atoms. The molecule has 236 valence electrons. The monoisotopic (exact) mass is 588 g/mol. The number of hydrogen-bond donors (Lipinski definition) is 0. The quantitative estimate of drug-likeness (QED) is 0.172. The molecule has 3 aromatic carbocycles. The van der Waals surface area contributed by atoms with Crippen LogP contribution in [0.3, 0.4) is 0 Å². The number of allylic oxidation sites excluding steroid dienone is 8. The summed E-state index contributed by atoms with van der Waals surface area (Å²) in [5, 5.41) is 0. The molecule has 0 heteroatoms. The van der Waals surface area contributed by atoms with Gasteiger partial charge in [-0.2, -0.15) is 0 Å². The van der Waals surface area contributed by atoms with Crippen LogP contribution in [-0.4, -0.2) is 0 Å². The van der Waals surface area contributed by atoms with Crippen molar-refractivity contribution in [2.75, 3.05) is 0 Å². The van der Waals surface area contributed by atoms with E-state index in [1.807, 2.05) is 19.9 Å². The fourth-order valence-electron chi connectivity index (χ4n) is 4.88.